The highest BCUT2D eigenvalue weighted by Crippen LogP contribution is 2.23. The minimum Gasteiger partial charge on any atom is -0.468 e. The zero-order valence-corrected chi connectivity index (χ0v) is 14.8. The number of halogens is 2. The van der Waals surface area contributed by atoms with Crippen LogP contribution < -0.4 is 5.32 Å². The SMILES string of the molecule is COC(=O)C(CC(C)C)NCC(=O)c1cc(Br)c(Br)[nH]1. The van der Waals surface area contributed by atoms with E-state index in [9.17, 15) is 9.59 Å². The summed E-state index contributed by atoms with van der Waals surface area (Å²) in [5.74, 6) is -0.134. The van der Waals surface area contributed by atoms with Gasteiger partial charge < -0.3 is 9.72 Å². The van der Waals surface area contributed by atoms with E-state index in [0.717, 1.165) is 4.47 Å². The van der Waals surface area contributed by atoms with Crippen LogP contribution in [0.15, 0.2) is 15.1 Å². The molecule has 0 saturated heterocycles. The van der Waals surface area contributed by atoms with Gasteiger partial charge in [-0.05, 0) is 50.3 Å². The topological polar surface area (TPSA) is 71.2 Å². The maximum Gasteiger partial charge on any atom is 0.322 e. The average Bonchev–Trinajstić information content (AvgIpc) is 2.73. The van der Waals surface area contributed by atoms with Gasteiger partial charge in [0.25, 0.3) is 0 Å². The Bertz CT molecular complexity index is 466. The number of aromatic amines is 1. The van der Waals surface area contributed by atoms with Crippen LogP contribution in [-0.2, 0) is 9.53 Å². The summed E-state index contributed by atoms with van der Waals surface area (Å²) in [5, 5.41) is 2.95. The first-order valence-corrected chi connectivity index (χ1v) is 7.82. The first kappa shape index (κ1) is 17.4. The molecule has 1 unspecified atom stereocenters. The summed E-state index contributed by atoms with van der Waals surface area (Å²) in [6.45, 7) is 4.10. The summed E-state index contributed by atoms with van der Waals surface area (Å²) in [5.41, 5.74) is 0.476. The molecule has 1 rings (SSSR count). The van der Waals surface area contributed by atoms with Crippen LogP contribution in [0.5, 0.6) is 0 Å². The molecular formula is C13H18Br2N2O3. The lowest BCUT2D eigenvalue weighted by atomic mass is 10.0. The van der Waals surface area contributed by atoms with Gasteiger partial charge in [0.2, 0.25) is 0 Å². The summed E-state index contributed by atoms with van der Waals surface area (Å²) in [4.78, 5) is 26.6. The second-order valence-corrected chi connectivity index (χ2v) is 6.50. The fraction of sp³-hybridized carbons (Fsp3) is 0.538. The van der Waals surface area contributed by atoms with E-state index in [-0.39, 0.29) is 18.3 Å². The van der Waals surface area contributed by atoms with E-state index < -0.39 is 6.04 Å². The number of ether oxygens (including phenoxy) is 1. The van der Waals surface area contributed by atoms with Crippen molar-refractivity contribution < 1.29 is 14.3 Å². The second kappa shape index (κ2) is 7.95. The first-order chi connectivity index (χ1) is 9.35. The van der Waals surface area contributed by atoms with Crippen molar-refractivity contribution in [1.82, 2.24) is 10.3 Å². The number of nitrogens with one attached hydrogen (secondary N) is 2. The number of hydrogen-bond acceptors (Lipinski definition) is 4. The summed E-state index contributed by atoms with van der Waals surface area (Å²) in [6.07, 6.45) is 0.623. The lowest BCUT2D eigenvalue weighted by Crippen LogP contribution is -2.41. The highest BCUT2D eigenvalue weighted by molar-refractivity contribution is 9.13. The maximum absolute atomic E-state index is 12.0. The number of hydrogen-bond donors (Lipinski definition) is 2. The minimum absolute atomic E-state index is 0.0753. The monoisotopic (exact) mass is 408 g/mol. The number of carbonyl (C=O) groups excluding carboxylic acids is 2. The number of ketones is 1. The Morgan fingerprint density at radius 3 is 2.50 bits per heavy atom. The van der Waals surface area contributed by atoms with Gasteiger partial charge in [-0.3, -0.25) is 14.9 Å². The Balaban J connectivity index is 2.62. The predicted molar refractivity (Wildman–Crippen MR) is 83.8 cm³/mol. The Kier molecular flexibility index (Phi) is 6.91. The number of rotatable bonds is 7. The molecule has 0 amide bonds. The first-order valence-electron chi connectivity index (χ1n) is 6.23. The average molecular weight is 410 g/mol. The smallest absolute Gasteiger partial charge is 0.322 e. The number of H-pyrrole nitrogens is 1. The number of methoxy groups -OCH3 is 1. The van der Waals surface area contributed by atoms with Crippen LogP contribution in [0.4, 0.5) is 0 Å². The Labute approximate surface area is 135 Å². The van der Waals surface area contributed by atoms with E-state index in [2.05, 4.69) is 42.2 Å². The zero-order valence-electron chi connectivity index (χ0n) is 11.6. The van der Waals surface area contributed by atoms with Crippen molar-refractivity contribution in [2.45, 2.75) is 26.3 Å². The third-order valence-electron chi connectivity index (χ3n) is 2.73. The molecule has 0 fully saturated rings. The molecule has 5 nitrogen and oxygen atoms in total. The van der Waals surface area contributed by atoms with Crippen molar-refractivity contribution in [1.29, 1.82) is 0 Å². The molecule has 7 heteroatoms. The van der Waals surface area contributed by atoms with Gasteiger partial charge in [0.1, 0.15) is 6.04 Å². The minimum atomic E-state index is -0.467. The van der Waals surface area contributed by atoms with Gasteiger partial charge in [0, 0.05) is 0 Å². The summed E-state index contributed by atoms with van der Waals surface area (Å²) in [7, 11) is 1.35. The molecule has 1 atom stereocenters. The molecule has 0 aliphatic carbocycles. The molecule has 2 N–H and O–H groups in total. The van der Waals surface area contributed by atoms with Crippen LogP contribution in [0, 0.1) is 5.92 Å². The number of Topliss-reactive ketones (excluding diaryl/α,β-unsaturated/α-hetero) is 1. The molecule has 1 aromatic heterocycles. The zero-order chi connectivity index (χ0) is 15.3. The van der Waals surface area contributed by atoms with Crippen molar-refractivity contribution in [3.05, 3.63) is 20.8 Å². The highest BCUT2D eigenvalue weighted by Gasteiger charge is 2.21. The van der Waals surface area contributed by atoms with Crippen LogP contribution >= 0.6 is 31.9 Å². The largest absolute Gasteiger partial charge is 0.468 e. The van der Waals surface area contributed by atoms with Crippen LogP contribution in [0.2, 0.25) is 0 Å². The third-order valence-corrected chi connectivity index (χ3v) is 4.51. The van der Waals surface area contributed by atoms with Crippen molar-refractivity contribution in [2.24, 2.45) is 5.92 Å². The summed E-state index contributed by atoms with van der Waals surface area (Å²) >= 11 is 6.59. The van der Waals surface area contributed by atoms with Crippen LogP contribution in [0.1, 0.15) is 30.8 Å². The van der Waals surface area contributed by atoms with E-state index >= 15 is 0 Å². The summed E-state index contributed by atoms with van der Waals surface area (Å²) in [6, 6.07) is 1.23. The van der Waals surface area contributed by atoms with Crippen molar-refractivity contribution >= 4 is 43.6 Å². The van der Waals surface area contributed by atoms with E-state index in [4.69, 9.17) is 4.74 Å². The van der Waals surface area contributed by atoms with Gasteiger partial charge in [0.05, 0.1) is 28.4 Å². The Hall–Kier alpha value is -0.660. The van der Waals surface area contributed by atoms with Crippen LogP contribution in [-0.4, -0.2) is 36.4 Å². The van der Waals surface area contributed by atoms with Gasteiger partial charge in [-0.2, -0.15) is 0 Å². The van der Waals surface area contributed by atoms with Gasteiger partial charge in [0.15, 0.2) is 5.78 Å². The number of esters is 1. The molecular weight excluding hydrogens is 392 g/mol. The maximum atomic E-state index is 12.0. The molecule has 0 radical (unpaired) electrons. The van der Waals surface area contributed by atoms with E-state index in [0.29, 0.717) is 22.6 Å². The van der Waals surface area contributed by atoms with Crippen molar-refractivity contribution in [2.75, 3.05) is 13.7 Å². The molecule has 1 heterocycles. The van der Waals surface area contributed by atoms with E-state index in [1.807, 2.05) is 13.8 Å². The molecule has 0 aliphatic heterocycles. The number of aromatic nitrogens is 1. The van der Waals surface area contributed by atoms with Crippen LogP contribution in [0.25, 0.3) is 0 Å². The molecule has 0 aliphatic rings. The van der Waals surface area contributed by atoms with Gasteiger partial charge >= 0.3 is 5.97 Å². The quantitative estimate of drug-likeness (QED) is 0.536. The fourth-order valence-corrected chi connectivity index (χ4v) is 2.40. The van der Waals surface area contributed by atoms with Crippen LogP contribution in [0.3, 0.4) is 0 Å². The van der Waals surface area contributed by atoms with Gasteiger partial charge in [-0.15, -0.1) is 0 Å². The lowest BCUT2D eigenvalue weighted by molar-refractivity contribution is -0.143. The molecule has 0 aromatic carbocycles. The van der Waals surface area contributed by atoms with Gasteiger partial charge in [-0.1, -0.05) is 13.8 Å². The Morgan fingerprint density at radius 2 is 2.05 bits per heavy atom. The lowest BCUT2D eigenvalue weighted by Gasteiger charge is -2.17. The number of carbonyl (C=O) groups is 2. The predicted octanol–water partition coefficient (Wildman–Crippen LogP) is 2.90. The molecule has 0 bridgehead atoms. The second-order valence-electron chi connectivity index (χ2n) is 4.85. The Morgan fingerprint density at radius 1 is 1.40 bits per heavy atom. The summed E-state index contributed by atoms with van der Waals surface area (Å²) < 4.78 is 6.24. The van der Waals surface area contributed by atoms with E-state index in [1.54, 1.807) is 6.07 Å². The molecule has 0 spiro atoms. The molecule has 0 saturated carbocycles. The molecule has 112 valence electrons. The third kappa shape index (κ3) is 5.03. The normalized spacial score (nSPS) is 12.5. The van der Waals surface area contributed by atoms with Crippen molar-refractivity contribution in [3.63, 3.8) is 0 Å². The fourth-order valence-electron chi connectivity index (χ4n) is 1.74. The van der Waals surface area contributed by atoms with Crippen molar-refractivity contribution in [3.8, 4) is 0 Å². The molecule has 20 heavy (non-hydrogen) atoms. The highest BCUT2D eigenvalue weighted by atomic mass is 79.9. The van der Waals surface area contributed by atoms with E-state index in [1.165, 1.54) is 7.11 Å². The standard InChI is InChI=1S/C13H18Br2N2O3/c1-7(2)4-10(13(19)20-3)16-6-11(18)9-5-8(14)12(15)17-9/h5,7,10,16-17H,4,6H2,1-3H3. The van der Waals surface area contributed by atoms with Gasteiger partial charge in [-0.25, -0.2) is 0 Å². The molecule has 1 aromatic rings.